The molecule has 1 N–H and O–H groups in total. The number of hydrogen-bond donors (Lipinski definition) is 1. The van der Waals surface area contributed by atoms with Gasteiger partial charge in [0.1, 0.15) is 5.78 Å². The largest absolute Gasteiger partial charge is 0.316 e. The van der Waals surface area contributed by atoms with Crippen molar-refractivity contribution in [2.24, 2.45) is 11.8 Å². The molecule has 0 amide bonds. The summed E-state index contributed by atoms with van der Waals surface area (Å²) in [5.41, 5.74) is 0. The van der Waals surface area contributed by atoms with Crippen molar-refractivity contribution in [2.45, 2.75) is 19.3 Å². The van der Waals surface area contributed by atoms with E-state index < -0.39 is 0 Å². The zero-order chi connectivity index (χ0) is 6.97. The lowest BCUT2D eigenvalue weighted by Gasteiger charge is -2.24. The molecule has 2 aliphatic rings. The number of fused-ring (bicyclic) bond motifs is 1. The van der Waals surface area contributed by atoms with Gasteiger partial charge >= 0.3 is 0 Å². The van der Waals surface area contributed by atoms with Crippen LogP contribution in [-0.2, 0) is 4.79 Å². The van der Waals surface area contributed by atoms with Crippen molar-refractivity contribution in [1.29, 1.82) is 0 Å². The number of carbonyl (C=O) groups is 1. The molecule has 2 atom stereocenters. The topological polar surface area (TPSA) is 29.1 Å². The van der Waals surface area contributed by atoms with E-state index in [0.717, 1.165) is 31.8 Å². The standard InChI is InChI=1S/C8H13NO.ClH/c10-8-2-1-6-3-4-9-5-7(6)8;/h6-7,9H,1-5H2;1H/t6-,7+;/m1./s1. The number of carbonyl (C=O) groups excluding carboxylic acids is 1. The fraction of sp³-hybridized carbons (Fsp3) is 0.875. The summed E-state index contributed by atoms with van der Waals surface area (Å²) < 4.78 is 0. The van der Waals surface area contributed by atoms with Gasteiger partial charge in [-0.1, -0.05) is 0 Å². The van der Waals surface area contributed by atoms with E-state index in [0.29, 0.717) is 11.7 Å². The highest BCUT2D eigenvalue weighted by molar-refractivity contribution is 5.85. The van der Waals surface area contributed by atoms with Crippen LogP contribution in [0.3, 0.4) is 0 Å². The molecular weight excluding hydrogens is 162 g/mol. The molecule has 1 aliphatic carbocycles. The molecule has 0 aromatic carbocycles. The SMILES string of the molecule is Cl.O=C1CC[C@@H]2CCNC[C@H]12. The number of rotatable bonds is 0. The van der Waals surface area contributed by atoms with E-state index in [-0.39, 0.29) is 12.4 Å². The molecule has 64 valence electrons. The van der Waals surface area contributed by atoms with Gasteiger partial charge in [-0.15, -0.1) is 12.4 Å². The predicted octanol–water partition coefficient (Wildman–Crippen LogP) is 0.997. The third-order valence-electron chi connectivity index (χ3n) is 2.80. The zero-order valence-corrected chi connectivity index (χ0v) is 7.32. The van der Waals surface area contributed by atoms with Crippen LogP contribution in [0, 0.1) is 11.8 Å². The molecule has 1 saturated heterocycles. The van der Waals surface area contributed by atoms with Crippen LogP contribution >= 0.6 is 12.4 Å². The number of nitrogens with one attached hydrogen (secondary N) is 1. The first-order valence-corrected chi connectivity index (χ1v) is 4.11. The van der Waals surface area contributed by atoms with Crippen LogP contribution in [0.25, 0.3) is 0 Å². The molecule has 1 aliphatic heterocycles. The Labute approximate surface area is 73.1 Å². The first kappa shape index (κ1) is 9.01. The van der Waals surface area contributed by atoms with Crippen molar-refractivity contribution >= 4 is 18.2 Å². The molecule has 1 heterocycles. The van der Waals surface area contributed by atoms with Crippen molar-refractivity contribution in [3.63, 3.8) is 0 Å². The van der Waals surface area contributed by atoms with Gasteiger partial charge in [0, 0.05) is 18.9 Å². The van der Waals surface area contributed by atoms with Crippen LogP contribution in [0.5, 0.6) is 0 Å². The molecular formula is C8H14ClNO. The van der Waals surface area contributed by atoms with Gasteiger partial charge < -0.3 is 5.32 Å². The highest BCUT2D eigenvalue weighted by Crippen LogP contribution is 2.32. The minimum absolute atomic E-state index is 0. The highest BCUT2D eigenvalue weighted by Gasteiger charge is 2.35. The average molecular weight is 176 g/mol. The lowest BCUT2D eigenvalue weighted by Crippen LogP contribution is -2.36. The second kappa shape index (κ2) is 3.55. The number of piperidine rings is 1. The van der Waals surface area contributed by atoms with Crippen LogP contribution < -0.4 is 5.32 Å². The first-order chi connectivity index (χ1) is 4.88. The summed E-state index contributed by atoms with van der Waals surface area (Å²) in [4.78, 5) is 11.2. The van der Waals surface area contributed by atoms with Crippen molar-refractivity contribution in [3.05, 3.63) is 0 Å². The minimum atomic E-state index is 0. The fourth-order valence-corrected chi connectivity index (χ4v) is 2.15. The quantitative estimate of drug-likeness (QED) is 0.595. The third kappa shape index (κ3) is 1.57. The summed E-state index contributed by atoms with van der Waals surface area (Å²) in [6.07, 6.45) is 3.22. The van der Waals surface area contributed by atoms with Crippen LogP contribution in [0.2, 0.25) is 0 Å². The average Bonchev–Trinajstić information content (AvgIpc) is 2.34. The molecule has 11 heavy (non-hydrogen) atoms. The summed E-state index contributed by atoms with van der Waals surface area (Å²) in [6.45, 7) is 2.07. The van der Waals surface area contributed by atoms with Crippen molar-refractivity contribution in [1.82, 2.24) is 5.32 Å². The molecule has 0 spiro atoms. The fourth-order valence-electron chi connectivity index (χ4n) is 2.15. The molecule has 3 heteroatoms. The molecule has 2 rings (SSSR count). The van der Waals surface area contributed by atoms with Crippen molar-refractivity contribution in [3.8, 4) is 0 Å². The maximum absolute atomic E-state index is 11.2. The number of hydrogen-bond acceptors (Lipinski definition) is 2. The van der Waals surface area contributed by atoms with Gasteiger partial charge in [-0.25, -0.2) is 0 Å². The van der Waals surface area contributed by atoms with Crippen molar-refractivity contribution in [2.75, 3.05) is 13.1 Å². The van der Waals surface area contributed by atoms with Crippen LogP contribution in [0.15, 0.2) is 0 Å². The molecule has 0 aromatic heterocycles. The Balaban J connectivity index is 0.000000605. The molecule has 0 bridgehead atoms. The highest BCUT2D eigenvalue weighted by atomic mass is 35.5. The zero-order valence-electron chi connectivity index (χ0n) is 6.51. The summed E-state index contributed by atoms with van der Waals surface area (Å²) >= 11 is 0. The van der Waals surface area contributed by atoms with Gasteiger partial charge in [0.05, 0.1) is 0 Å². The summed E-state index contributed by atoms with van der Waals surface area (Å²) in [5.74, 6) is 1.61. The van der Waals surface area contributed by atoms with Crippen molar-refractivity contribution < 1.29 is 4.79 Å². The van der Waals surface area contributed by atoms with Gasteiger partial charge in [0.15, 0.2) is 0 Å². The second-order valence-electron chi connectivity index (χ2n) is 3.36. The van der Waals surface area contributed by atoms with E-state index in [1.807, 2.05) is 0 Å². The van der Waals surface area contributed by atoms with E-state index in [9.17, 15) is 4.79 Å². The summed E-state index contributed by atoms with van der Waals surface area (Å²) in [7, 11) is 0. The molecule has 0 aromatic rings. The Morgan fingerprint density at radius 2 is 2.18 bits per heavy atom. The third-order valence-corrected chi connectivity index (χ3v) is 2.80. The second-order valence-corrected chi connectivity index (χ2v) is 3.36. The van der Waals surface area contributed by atoms with E-state index in [2.05, 4.69) is 5.32 Å². The smallest absolute Gasteiger partial charge is 0.137 e. The van der Waals surface area contributed by atoms with Crippen LogP contribution in [-0.4, -0.2) is 18.9 Å². The maximum Gasteiger partial charge on any atom is 0.137 e. The van der Waals surface area contributed by atoms with E-state index in [1.54, 1.807) is 0 Å². The Kier molecular flexibility index (Phi) is 2.90. The monoisotopic (exact) mass is 175 g/mol. The van der Waals surface area contributed by atoms with Gasteiger partial charge in [-0.05, 0) is 25.3 Å². The molecule has 1 saturated carbocycles. The molecule has 0 unspecified atom stereocenters. The Bertz CT molecular complexity index is 160. The maximum atomic E-state index is 11.2. The Hall–Kier alpha value is -0.0800. The lowest BCUT2D eigenvalue weighted by molar-refractivity contribution is -0.121. The van der Waals surface area contributed by atoms with Gasteiger partial charge in [-0.2, -0.15) is 0 Å². The van der Waals surface area contributed by atoms with Gasteiger partial charge in [0.2, 0.25) is 0 Å². The van der Waals surface area contributed by atoms with E-state index >= 15 is 0 Å². The minimum Gasteiger partial charge on any atom is -0.316 e. The normalized spacial score (nSPS) is 36.2. The van der Waals surface area contributed by atoms with E-state index in [4.69, 9.17) is 0 Å². The first-order valence-electron chi connectivity index (χ1n) is 4.11. The summed E-state index contributed by atoms with van der Waals surface area (Å²) in [6, 6.07) is 0. The van der Waals surface area contributed by atoms with Gasteiger partial charge in [-0.3, -0.25) is 4.79 Å². The Morgan fingerprint density at radius 1 is 1.36 bits per heavy atom. The Morgan fingerprint density at radius 3 is 2.91 bits per heavy atom. The number of halogens is 1. The predicted molar refractivity (Wildman–Crippen MR) is 46.0 cm³/mol. The number of ketones is 1. The molecule has 2 nitrogen and oxygen atoms in total. The molecule has 2 fully saturated rings. The lowest BCUT2D eigenvalue weighted by atomic mass is 9.89. The van der Waals surface area contributed by atoms with Gasteiger partial charge in [0.25, 0.3) is 0 Å². The van der Waals surface area contributed by atoms with Crippen LogP contribution in [0.1, 0.15) is 19.3 Å². The number of Topliss-reactive ketones (excluding diaryl/α,β-unsaturated/α-hetero) is 1. The van der Waals surface area contributed by atoms with E-state index in [1.165, 1.54) is 6.42 Å². The molecule has 0 radical (unpaired) electrons. The van der Waals surface area contributed by atoms with Crippen LogP contribution in [0.4, 0.5) is 0 Å². The summed E-state index contributed by atoms with van der Waals surface area (Å²) in [5, 5.41) is 3.27.